The van der Waals surface area contributed by atoms with Crippen LogP contribution >= 0.6 is 11.6 Å². The fourth-order valence-corrected chi connectivity index (χ4v) is 2.01. The lowest BCUT2D eigenvalue weighted by atomic mass is 10.2. The van der Waals surface area contributed by atoms with E-state index in [2.05, 4.69) is 10.5 Å². The van der Waals surface area contributed by atoms with Gasteiger partial charge in [-0.25, -0.2) is 5.43 Å². The predicted molar refractivity (Wildman–Crippen MR) is 85.5 cm³/mol. The molecule has 2 aromatic rings. The van der Waals surface area contributed by atoms with Crippen LogP contribution in [0.3, 0.4) is 0 Å². The maximum Gasteiger partial charge on any atom is 0.277 e. The van der Waals surface area contributed by atoms with Crippen LogP contribution in [0, 0.1) is 13.8 Å². The molecule has 1 aromatic carbocycles. The molecule has 0 fully saturated rings. The summed E-state index contributed by atoms with van der Waals surface area (Å²) < 4.78 is 10.8. The third-order valence-corrected chi connectivity index (χ3v) is 3.18. The van der Waals surface area contributed by atoms with Crippen LogP contribution in [0.2, 0.25) is 5.02 Å². The summed E-state index contributed by atoms with van der Waals surface area (Å²) >= 11 is 5.86. The van der Waals surface area contributed by atoms with Gasteiger partial charge in [-0.1, -0.05) is 11.6 Å². The summed E-state index contributed by atoms with van der Waals surface area (Å²) in [6.45, 7) is 5.33. The Morgan fingerprint density at radius 3 is 2.73 bits per heavy atom. The molecule has 116 valence electrons. The fraction of sp³-hybridized carbons (Fsp3) is 0.250. The first-order valence-electron chi connectivity index (χ1n) is 6.74. The third-order valence-electron chi connectivity index (χ3n) is 2.94. The van der Waals surface area contributed by atoms with Gasteiger partial charge in [0.2, 0.25) is 0 Å². The Hall–Kier alpha value is -2.27. The number of rotatable bonds is 5. The number of nitrogens with zero attached hydrogens (tertiary/aromatic N) is 1. The monoisotopic (exact) mass is 320 g/mol. The average Bonchev–Trinajstić information content (AvgIpc) is 2.90. The number of ether oxygens (including phenoxy) is 1. The van der Waals surface area contributed by atoms with E-state index >= 15 is 0 Å². The van der Waals surface area contributed by atoms with Gasteiger partial charge in [0.05, 0.1) is 0 Å². The molecule has 0 aliphatic heterocycles. The molecule has 22 heavy (non-hydrogen) atoms. The summed E-state index contributed by atoms with van der Waals surface area (Å²) in [6, 6.07) is 8.85. The van der Waals surface area contributed by atoms with E-state index in [0.29, 0.717) is 22.2 Å². The summed E-state index contributed by atoms with van der Waals surface area (Å²) in [6.07, 6.45) is 0. The van der Waals surface area contributed by atoms with Gasteiger partial charge in [0, 0.05) is 5.02 Å². The van der Waals surface area contributed by atoms with Crippen LogP contribution in [0.4, 0.5) is 0 Å². The van der Waals surface area contributed by atoms with Crippen molar-refractivity contribution in [2.24, 2.45) is 5.10 Å². The minimum Gasteiger partial charge on any atom is -0.483 e. The molecule has 0 bridgehead atoms. The normalized spacial score (nSPS) is 11.4. The van der Waals surface area contributed by atoms with Crippen LogP contribution < -0.4 is 10.2 Å². The first-order valence-corrected chi connectivity index (χ1v) is 7.12. The van der Waals surface area contributed by atoms with E-state index in [1.807, 2.05) is 19.9 Å². The number of carbonyl (C=O) groups is 1. The number of benzene rings is 1. The Labute approximate surface area is 133 Å². The van der Waals surface area contributed by atoms with Gasteiger partial charge in [-0.2, -0.15) is 5.10 Å². The number of furan rings is 1. The van der Waals surface area contributed by atoms with Gasteiger partial charge >= 0.3 is 0 Å². The van der Waals surface area contributed by atoms with Crippen LogP contribution in [0.1, 0.15) is 24.0 Å². The van der Waals surface area contributed by atoms with E-state index in [0.717, 1.165) is 11.3 Å². The zero-order valence-electron chi connectivity index (χ0n) is 12.6. The Bertz CT molecular complexity index is 707. The predicted octanol–water partition coefficient (Wildman–Crippen LogP) is 3.47. The van der Waals surface area contributed by atoms with Crippen molar-refractivity contribution in [3.8, 4) is 5.75 Å². The molecule has 1 N–H and O–H groups in total. The molecule has 1 heterocycles. The van der Waals surface area contributed by atoms with E-state index in [1.165, 1.54) is 0 Å². The molecule has 0 aliphatic rings. The lowest BCUT2D eigenvalue weighted by molar-refractivity contribution is -0.123. The standard InChI is InChI=1S/C16H17ClN2O3/c1-10-8-13(17)5-7-14(10)21-9-16(20)19-18-12(3)15-6-4-11(2)22-15/h4-8H,9H2,1-3H3,(H,19,20)/b18-12+. The average molecular weight is 321 g/mol. The molecule has 0 aliphatic carbocycles. The number of nitrogens with one attached hydrogen (secondary N) is 1. The second-order valence-electron chi connectivity index (χ2n) is 4.84. The van der Waals surface area contributed by atoms with E-state index in [4.69, 9.17) is 20.8 Å². The fourth-order valence-electron chi connectivity index (χ4n) is 1.78. The summed E-state index contributed by atoms with van der Waals surface area (Å²) in [7, 11) is 0. The molecule has 0 spiro atoms. The van der Waals surface area contributed by atoms with E-state index < -0.39 is 0 Å². The van der Waals surface area contributed by atoms with E-state index in [1.54, 1.807) is 31.2 Å². The molecule has 1 aromatic heterocycles. The Kier molecular flexibility index (Phi) is 5.22. The van der Waals surface area contributed by atoms with Gasteiger partial charge < -0.3 is 9.15 Å². The van der Waals surface area contributed by atoms with Gasteiger partial charge in [0.25, 0.3) is 5.91 Å². The van der Waals surface area contributed by atoms with Gasteiger partial charge in [-0.05, 0) is 56.7 Å². The van der Waals surface area contributed by atoms with Crippen LogP contribution in [0.15, 0.2) is 39.9 Å². The topological polar surface area (TPSA) is 63.8 Å². The quantitative estimate of drug-likeness (QED) is 0.677. The molecule has 0 radical (unpaired) electrons. The minimum atomic E-state index is -0.350. The first-order chi connectivity index (χ1) is 10.5. The Morgan fingerprint density at radius 2 is 2.09 bits per heavy atom. The van der Waals surface area contributed by atoms with Crippen LogP contribution in [0.5, 0.6) is 5.75 Å². The summed E-state index contributed by atoms with van der Waals surface area (Å²) in [5.41, 5.74) is 3.88. The van der Waals surface area contributed by atoms with E-state index in [9.17, 15) is 4.79 Å². The number of amides is 1. The third kappa shape index (κ3) is 4.36. The van der Waals surface area contributed by atoms with Crippen molar-refractivity contribution in [1.29, 1.82) is 0 Å². The van der Waals surface area contributed by atoms with Gasteiger partial charge in [0.15, 0.2) is 6.61 Å². The largest absolute Gasteiger partial charge is 0.483 e. The Morgan fingerprint density at radius 1 is 1.32 bits per heavy atom. The van der Waals surface area contributed by atoms with Crippen molar-refractivity contribution in [2.75, 3.05) is 6.61 Å². The molecule has 0 saturated heterocycles. The minimum absolute atomic E-state index is 0.129. The van der Waals surface area contributed by atoms with Crippen LogP contribution in [-0.4, -0.2) is 18.2 Å². The van der Waals surface area contributed by atoms with Crippen molar-refractivity contribution in [3.05, 3.63) is 52.4 Å². The maximum atomic E-state index is 11.7. The number of aryl methyl sites for hydroxylation is 2. The number of hydrazone groups is 1. The Balaban J connectivity index is 1.88. The number of hydrogen-bond donors (Lipinski definition) is 1. The van der Waals surface area contributed by atoms with Crippen LogP contribution in [0.25, 0.3) is 0 Å². The van der Waals surface area contributed by atoms with Crippen LogP contribution in [-0.2, 0) is 4.79 Å². The van der Waals surface area contributed by atoms with Crippen molar-refractivity contribution >= 4 is 23.2 Å². The maximum absolute atomic E-state index is 11.7. The molecule has 0 unspecified atom stereocenters. The highest BCUT2D eigenvalue weighted by molar-refractivity contribution is 6.30. The number of halogens is 1. The van der Waals surface area contributed by atoms with Gasteiger partial charge in [-0.3, -0.25) is 4.79 Å². The molecular weight excluding hydrogens is 304 g/mol. The first kappa shape index (κ1) is 16.1. The smallest absolute Gasteiger partial charge is 0.277 e. The summed E-state index contributed by atoms with van der Waals surface area (Å²) in [5, 5.41) is 4.61. The molecule has 0 atom stereocenters. The second kappa shape index (κ2) is 7.13. The highest BCUT2D eigenvalue weighted by Crippen LogP contribution is 2.21. The zero-order valence-corrected chi connectivity index (χ0v) is 13.4. The van der Waals surface area contributed by atoms with Crippen molar-refractivity contribution < 1.29 is 13.9 Å². The number of hydrogen-bond acceptors (Lipinski definition) is 4. The lowest BCUT2D eigenvalue weighted by Crippen LogP contribution is -2.25. The SMILES string of the molecule is C/C(=N\NC(=O)COc1ccc(Cl)cc1C)c1ccc(C)o1. The summed E-state index contributed by atoms with van der Waals surface area (Å²) in [4.78, 5) is 11.7. The lowest BCUT2D eigenvalue weighted by Gasteiger charge is -2.08. The molecule has 6 heteroatoms. The zero-order chi connectivity index (χ0) is 16.1. The second-order valence-corrected chi connectivity index (χ2v) is 5.28. The molecule has 1 amide bonds. The highest BCUT2D eigenvalue weighted by atomic mass is 35.5. The van der Waals surface area contributed by atoms with Crippen molar-refractivity contribution in [1.82, 2.24) is 5.43 Å². The summed E-state index contributed by atoms with van der Waals surface area (Å²) in [5.74, 6) is 1.67. The molecule has 5 nitrogen and oxygen atoms in total. The van der Waals surface area contributed by atoms with E-state index in [-0.39, 0.29) is 12.5 Å². The molecule has 2 rings (SSSR count). The molecular formula is C16H17ClN2O3. The van der Waals surface area contributed by atoms with Crippen molar-refractivity contribution in [2.45, 2.75) is 20.8 Å². The van der Waals surface area contributed by atoms with Gasteiger partial charge in [0.1, 0.15) is 23.0 Å². The molecule has 0 saturated carbocycles. The number of carbonyl (C=O) groups excluding carboxylic acids is 1. The van der Waals surface area contributed by atoms with Crippen molar-refractivity contribution in [3.63, 3.8) is 0 Å². The van der Waals surface area contributed by atoms with Gasteiger partial charge in [-0.15, -0.1) is 0 Å². The highest BCUT2D eigenvalue weighted by Gasteiger charge is 2.06.